The fourth-order valence-corrected chi connectivity index (χ4v) is 1.80. The van der Waals surface area contributed by atoms with Gasteiger partial charge in [-0.15, -0.1) is 0 Å². The third kappa shape index (κ3) is 2.25. The van der Waals surface area contributed by atoms with Gasteiger partial charge in [0.25, 0.3) is 5.91 Å². The molecule has 1 heterocycles. The number of anilines is 1. The molecule has 0 radical (unpaired) electrons. The monoisotopic (exact) mass is 281 g/mol. The van der Waals surface area contributed by atoms with E-state index in [1.54, 1.807) is 13.8 Å². The van der Waals surface area contributed by atoms with E-state index in [9.17, 15) is 18.0 Å². The standard InChI is InChI=1S/C13H10F3N3O/c1-12(2)11(20)19(7-18-12)9-4-3-8(6-17)10(5-9)13(14,15)16/h3-5,7H,1-2H3. The van der Waals surface area contributed by atoms with Gasteiger partial charge in [0.1, 0.15) is 5.54 Å². The number of halogens is 3. The summed E-state index contributed by atoms with van der Waals surface area (Å²) in [6.45, 7) is 3.14. The van der Waals surface area contributed by atoms with Crippen molar-refractivity contribution in [1.29, 1.82) is 5.26 Å². The van der Waals surface area contributed by atoms with Gasteiger partial charge in [0, 0.05) is 0 Å². The third-order valence-electron chi connectivity index (χ3n) is 2.95. The molecule has 0 fully saturated rings. The largest absolute Gasteiger partial charge is 0.417 e. The second-order valence-corrected chi connectivity index (χ2v) is 4.82. The molecule has 7 heteroatoms. The Morgan fingerprint density at radius 2 is 2.00 bits per heavy atom. The molecule has 0 atom stereocenters. The maximum atomic E-state index is 12.9. The van der Waals surface area contributed by atoms with E-state index < -0.39 is 28.7 Å². The Labute approximate surface area is 113 Å². The number of hydrogen-bond donors (Lipinski definition) is 0. The minimum Gasteiger partial charge on any atom is -0.271 e. The van der Waals surface area contributed by atoms with E-state index >= 15 is 0 Å². The Kier molecular flexibility index (Phi) is 3.05. The molecule has 20 heavy (non-hydrogen) atoms. The van der Waals surface area contributed by atoms with Gasteiger partial charge in [0.05, 0.1) is 29.2 Å². The molecular weight excluding hydrogens is 271 g/mol. The lowest BCUT2D eigenvalue weighted by Crippen LogP contribution is -2.36. The summed E-state index contributed by atoms with van der Waals surface area (Å²) >= 11 is 0. The van der Waals surface area contributed by atoms with Crippen molar-refractivity contribution in [3.63, 3.8) is 0 Å². The van der Waals surface area contributed by atoms with Gasteiger partial charge < -0.3 is 0 Å². The molecule has 0 aliphatic carbocycles. The van der Waals surface area contributed by atoms with Crippen LogP contribution in [0.4, 0.5) is 18.9 Å². The van der Waals surface area contributed by atoms with Gasteiger partial charge in [-0.25, -0.2) is 0 Å². The van der Waals surface area contributed by atoms with E-state index in [2.05, 4.69) is 4.99 Å². The summed E-state index contributed by atoms with van der Waals surface area (Å²) in [6, 6.07) is 4.61. The lowest BCUT2D eigenvalue weighted by molar-refractivity contribution is -0.137. The highest BCUT2D eigenvalue weighted by Crippen LogP contribution is 2.35. The number of carbonyl (C=O) groups is 1. The summed E-state index contributed by atoms with van der Waals surface area (Å²) in [5, 5.41) is 8.72. The van der Waals surface area contributed by atoms with Crippen LogP contribution >= 0.6 is 0 Å². The summed E-state index contributed by atoms with van der Waals surface area (Å²) in [5.41, 5.74) is -2.50. The van der Waals surface area contributed by atoms with Crippen LogP contribution in [0.2, 0.25) is 0 Å². The molecule has 1 aliphatic heterocycles. The van der Waals surface area contributed by atoms with Crippen molar-refractivity contribution in [2.24, 2.45) is 4.99 Å². The fraction of sp³-hybridized carbons (Fsp3) is 0.308. The Morgan fingerprint density at radius 3 is 2.45 bits per heavy atom. The predicted octanol–water partition coefficient (Wildman–Crippen LogP) is 2.73. The molecule has 1 aliphatic rings. The summed E-state index contributed by atoms with van der Waals surface area (Å²) in [7, 11) is 0. The van der Waals surface area contributed by atoms with E-state index in [0.29, 0.717) is 0 Å². The number of nitriles is 1. The molecule has 0 unspecified atom stereocenters. The first-order valence-corrected chi connectivity index (χ1v) is 5.67. The van der Waals surface area contributed by atoms with Crippen LogP contribution in [-0.4, -0.2) is 17.8 Å². The molecule has 0 saturated heterocycles. The van der Waals surface area contributed by atoms with Crippen LogP contribution in [0.25, 0.3) is 0 Å². The average Bonchev–Trinajstić information content (AvgIpc) is 2.63. The highest BCUT2D eigenvalue weighted by molar-refractivity contribution is 6.16. The van der Waals surface area contributed by atoms with Crippen LogP contribution in [0.3, 0.4) is 0 Å². The number of hydrogen-bond acceptors (Lipinski definition) is 3. The third-order valence-corrected chi connectivity index (χ3v) is 2.95. The molecule has 0 aromatic heterocycles. The number of nitrogens with zero attached hydrogens (tertiary/aromatic N) is 3. The van der Waals surface area contributed by atoms with E-state index in [1.807, 2.05) is 0 Å². The number of carbonyl (C=O) groups excluding carboxylic acids is 1. The second kappa shape index (κ2) is 4.34. The predicted molar refractivity (Wildman–Crippen MR) is 66.2 cm³/mol. The molecule has 2 rings (SSSR count). The summed E-state index contributed by atoms with van der Waals surface area (Å²) in [5.74, 6) is -0.421. The molecule has 1 amide bonds. The van der Waals surface area contributed by atoms with Crippen LogP contribution in [-0.2, 0) is 11.0 Å². The van der Waals surface area contributed by atoms with Gasteiger partial charge in [-0.3, -0.25) is 14.7 Å². The van der Waals surface area contributed by atoms with Gasteiger partial charge >= 0.3 is 6.18 Å². The topological polar surface area (TPSA) is 56.5 Å². The van der Waals surface area contributed by atoms with Gasteiger partial charge in [0.15, 0.2) is 0 Å². The van der Waals surface area contributed by atoms with E-state index in [4.69, 9.17) is 5.26 Å². The molecule has 1 aromatic rings. The number of benzene rings is 1. The first kappa shape index (κ1) is 14.1. The zero-order valence-electron chi connectivity index (χ0n) is 10.7. The minimum atomic E-state index is -4.66. The first-order valence-electron chi connectivity index (χ1n) is 5.67. The van der Waals surface area contributed by atoms with Crippen molar-refractivity contribution in [2.75, 3.05) is 4.90 Å². The molecule has 104 valence electrons. The molecule has 0 saturated carbocycles. The average molecular weight is 281 g/mol. The Morgan fingerprint density at radius 1 is 1.35 bits per heavy atom. The fourth-order valence-electron chi connectivity index (χ4n) is 1.80. The van der Waals surface area contributed by atoms with E-state index in [1.165, 1.54) is 18.5 Å². The minimum absolute atomic E-state index is 0.0376. The number of amides is 1. The van der Waals surface area contributed by atoms with Crippen LogP contribution in [0.5, 0.6) is 0 Å². The van der Waals surface area contributed by atoms with Gasteiger partial charge in [-0.2, -0.15) is 18.4 Å². The normalized spacial score (nSPS) is 17.4. The van der Waals surface area contributed by atoms with Crippen molar-refractivity contribution in [3.8, 4) is 6.07 Å². The summed E-state index contributed by atoms with van der Waals surface area (Å²) in [4.78, 5) is 17.0. The van der Waals surface area contributed by atoms with Crippen LogP contribution < -0.4 is 4.90 Å². The Hall–Kier alpha value is -2.36. The van der Waals surface area contributed by atoms with Gasteiger partial charge in [-0.05, 0) is 32.0 Å². The molecular formula is C13H10F3N3O. The summed E-state index contributed by atoms with van der Waals surface area (Å²) < 4.78 is 38.6. The lowest BCUT2D eigenvalue weighted by Gasteiger charge is -2.19. The van der Waals surface area contributed by atoms with Crippen LogP contribution in [0, 0.1) is 11.3 Å². The molecule has 4 nitrogen and oxygen atoms in total. The molecule has 1 aromatic carbocycles. The van der Waals surface area contributed by atoms with E-state index in [0.717, 1.165) is 17.0 Å². The smallest absolute Gasteiger partial charge is 0.271 e. The summed E-state index contributed by atoms with van der Waals surface area (Å²) in [6.07, 6.45) is -3.46. The number of rotatable bonds is 1. The maximum absolute atomic E-state index is 12.9. The van der Waals surface area contributed by atoms with Crippen LogP contribution in [0.15, 0.2) is 23.2 Å². The zero-order chi connectivity index (χ0) is 15.1. The van der Waals surface area contributed by atoms with Gasteiger partial charge in [-0.1, -0.05) is 0 Å². The van der Waals surface area contributed by atoms with Crippen molar-refractivity contribution in [2.45, 2.75) is 25.6 Å². The first-order chi connectivity index (χ1) is 9.16. The van der Waals surface area contributed by atoms with Gasteiger partial charge in [0.2, 0.25) is 0 Å². The van der Waals surface area contributed by atoms with Crippen molar-refractivity contribution in [1.82, 2.24) is 0 Å². The van der Waals surface area contributed by atoms with Crippen molar-refractivity contribution < 1.29 is 18.0 Å². The van der Waals surface area contributed by atoms with Crippen molar-refractivity contribution >= 4 is 17.9 Å². The number of aliphatic imine (C=N–C) groups is 1. The highest BCUT2D eigenvalue weighted by atomic mass is 19.4. The molecule has 0 N–H and O–H groups in total. The van der Waals surface area contributed by atoms with Crippen LogP contribution in [0.1, 0.15) is 25.0 Å². The SMILES string of the molecule is CC1(C)N=CN(c2ccc(C#N)c(C(F)(F)F)c2)C1=O. The number of alkyl halides is 3. The van der Waals surface area contributed by atoms with E-state index in [-0.39, 0.29) is 5.69 Å². The Balaban J connectivity index is 2.49. The maximum Gasteiger partial charge on any atom is 0.417 e. The Bertz CT molecular complexity index is 641. The molecule has 0 spiro atoms. The molecule has 0 bridgehead atoms. The highest BCUT2D eigenvalue weighted by Gasteiger charge is 2.38. The van der Waals surface area contributed by atoms with Crippen molar-refractivity contribution in [3.05, 3.63) is 29.3 Å². The second-order valence-electron chi connectivity index (χ2n) is 4.82. The lowest BCUT2D eigenvalue weighted by atomic mass is 10.0. The zero-order valence-corrected chi connectivity index (χ0v) is 10.7. The quantitative estimate of drug-likeness (QED) is 0.794.